The molecule has 0 radical (unpaired) electrons. The lowest BCUT2D eigenvalue weighted by Gasteiger charge is -2.32. The molecule has 1 saturated heterocycles. The van der Waals surface area contributed by atoms with Crippen molar-refractivity contribution < 1.29 is 4.42 Å². The van der Waals surface area contributed by atoms with E-state index >= 15 is 0 Å². The van der Waals surface area contributed by atoms with Crippen molar-refractivity contribution in [3.8, 4) is 11.5 Å². The standard InChI is InChI=1S/C18H24N6O/c1-13-20-14(2)24(22-13)11-15-4-3-9-23(10-15)12-16-5-6-18(25-16)17-7-8-19-21-17/h5-8,15H,3-4,9-12H2,1-2H3,(H,19,21)/t15-/m0/s1. The van der Waals surface area contributed by atoms with E-state index in [1.54, 1.807) is 6.20 Å². The van der Waals surface area contributed by atoms with E-state index in [1.165, 1.54) is 12.8 Å². The summed E-state index contributed by atoms with van der Waals surface area (Å²) in [7, 11) is 0. The van der Waals surface area contributed by atoms with Crippen LogP contribution >= 0.6 is 0 Å². The molecule has 3 aromatic heterocycles. The van der Waals surface area contributed by atoms with Crippen LogP contribution in [0.25, 0.3) is 11.5 Å². The lowest BCUT2D eigenvalue weighted by atomic mass is 9.98. The summed E-state index contributed by atoms with van der Waals surface area (Å²) in [4.78, 5) is 6.88. The van der Waals surface area contributed by atoms with Crippen LogP contribution in [0, 0.1) is 19.8 Å². The van der Waals surface area contributed by atoms with Gasteiger partial charge in [-0.15, -0.1) is 0 Å². The molecule has 0 aliphatic carbocycles. The highest BCUT2D eigenvalue weighted by atomic mass is 16.3. The summed E-state index contributed by atoms with van der Waals surface area (Å²) in [5.41, 5.74) is 0.916. The van der Waals surface area contributed by atoms with E-state index in [-0.39, 0.29) is 0 Å². The first-order valence-corrected chi connectivity index (χ1v) is 8.86. The molecule has 3 aromatic rings. The highest BCUT2D eigenvalue weighted by Gasteiger charge is 2.22. The number of nitrogens with zero attached hydrogens (tertiary/aromatic N) is 5. The maximum atomic E-state index is 5.97. The van der Waals surface area contributed by atoms with Crippen molar-refractivity contribution in [2.75, 3.05) is 13.1 Å². The van der Waals surface area contributed by atoms with Gasteiger partial charge >= 0.3 is 0 Å². The molecule has 0 bridgehead atoms. The van der Waals surface area contributed by atoms with Gasteiger partial charge < -0.3 is 4.42 Å². The molecule has 132 valence electrons. The van der Waals surface area contributed by atoms with Gasteiger partial charge in [-0.2, -0.15) is 10.2 Å². The van der Waals surface area contributed by atoms with Gasteiger partial charge in [-0.05, 0) is 57.4 Å². The Hall–Kier alpha value is -2.41. The van der Waals surface area contributed by atoms with Crippen LogP contribution in [0.4, 0.5) is 0 Å². The summed E-state index contributed by atoms with van der Waals surface area (Å²) in [5, 5.41) is 11.4. The van der Waals surface area contributed by atoms with Crippen molar-refractivity contribution >= 4 is 0 Å². The van der Waals surface area contributed by atoms with Crippen LogP contribution in [0.3, 0.4) is 0 Å². The summed E-state index contributed by atoms with van der Waals surface area (Å²) in [6.07, 6.45) is 4.19. The van der Waals surface area contributed by atoms with Crippen LogP contribution in [0.1, 0.15) is 30.3 Å². The summed E-state index contributed by atoms with van der Waals surface area (Å²) >= 11 is 0. The molecular formula is C18H24N6O. The Morgan fingerprint density at radius 3 is 2.96 bits per heavy atom. The van der Waals surface area contributed by atoms with Crippen molar-refractivity contribution in [1.82, 2.24) is 29.9 Å². The van der Waals surface area contributed by atoms with Gasteiger partial charge in [0.1, 0.15) is 23.1 Å². The number of aromatic amines is 1. The van der Waals surface area contributed by atoms with E-state index in [4.69, 9.17) is 4.42 Å². The third kappa shape index (κ3) is 3.66. The third-order valence-electron chi connectivity index (χ3n) is 4.80. The van der Waals surface area contributed by atoms with Crippen molar-refractivity contribution in [3.63, 3.8) is 0 Å². The molecule has 7 heteroatoms. The lowest BCUT2D eigenvalue weighted by molar-refractivity contribution is 0.144. The number of aromatic nitrogens is 5. The zero-order valence-electron chi connectivity index (χ0n) is 14.8. The Labute approximate surface area is 147 Å². The molecule has 25 heavy (non-hydrogen) atoms. The molecular weight excluding hydrogens is 316 g/mol. The first-order valence-electron chi connectivity index (χ1n) is 8.86. The Kier molecular flexibility index (Phi) is 4.40. The smallest absolute Gasteiger partial charge is 0.152 e. The highest BCUT2D eigenvalue weighted by molar-refractivity contribution is 5.51. The van der Waals surface area contributed by atoms with Crippen molar-refractivity contribution in [2.45, 2.75) is 39.8 Å². The number of H-pyrrole nitrogens is 1. The molecule has 4 rings (SSSR count). The monoisotopic (exact) mass is 340 g/mol. The molecule has 7 nitrogen and oxygen atoms in total. The normalized spacial score (nSPS) is 18.7. The maximum Gasteiger partial charge on any atom is 0.152 e. The molecule has 1 aliphatic heterocycles. The molecule has 0 unspecified atom stereocenters. The maximum absolute atomic E-state index is 5.97. The molecule has 4 heterocycles. The summed E-state index contributed by atoms with van der Waals surface area (Å²) in [6.45, 7) is 7.95. The summed E-state index contributed by atoms with van der Waals surface area (Å²) < 4.78 is 8.01. The second-order valence-electron chi connectivity index (χ2n) is 6.87. The first-order chi connectivity index (χ1) is 12.2. The van der Waals surface area contributed by atoms with E-state index in [2.05, 4.69) is 31.2 Å². The van der Waals surface area contributed by atoms with Crippen molar-refractivity contribution in [3.05, 3.63) is 41.8 Å². The van der Waals surface area contributed by atoms with E-state index in [1.807, 2.05) is 30.7 Å². The van der Waals surface area contributed by atoms with Crippen LogP contribution < -0.4 is 0 Å². The molecule has 0 saturated carbocycles. The fourth-order valence-electron chi connectivity index (χ4n) is 3.64. The van der Waals surface area contributed by atoms with Crippen molar-refractivity contribution in [1.29, 1.82) is 0 Å². The number of hydrogen-bond acceptors (Lipinski definition) is 5. The minimum atomic E-state index is 0.607. The zero-order chi connectivity index (χ0) is 17.2. The van der Waals surface area contributed by atoms with Gasteiger partial charge in [0, 0.05) is 19.3 Å². The Morgan fingerprint density at radius 2 is 2.20 bits per heavy atom. The SMILES string of the molecule is Cc1nc(C)n(C[C@H]2CCCN(Cc3ccc(-c4ccn[nH]4)o3)C2)n1. The van der Waals surface area contributed by atoms with Crippen molar-refractivity contribution in [2.24, 2.45) is 5.92 Å². The Balaban J connectivity index is 1.37. The van der Waals surface area contributed by atoms with E-state index in [0.717, 1.165) is 55.0 Å². The molecule has 1 atom stereocenters. The summed E-state index contributed by atoms with van der Waals surface area (Å²) in [6, 6.07) is 5.98. The van der Waals surface area contributed by atoms with Gasteiger partial charge in [-0.1, -0.05) is 0 Å². The number of piperidine rings is 1. The predicted molar refractivity (Wildman–Crippen MR) is 93.8 cm³/mol. The third-order valence-corrected chi connectivity index (χ3v) is 4.80. The fraction of sp³-hybridized carbons (Fsp3) is 0.500. The Morgan fingerprint density at radius 1 is 1.28 bits per heavy atom. The number of likely N-dealkylation sites (tertiary alicyclic amines) is 1. The number of aryl methyl sites for hydroxylation is 2. The van der Waals surface area contributed by atoms with Gasteiger partial charge in [0.05, 0.1) is 6.54 Å². The quantitative estimate of drug-likeness (QED) is 0.773. The first kappa shape index (κ1) is 16.1. The van der Waals surface area contributed by atoms with Gasteiger partial charge in [-0.25, -0.2) is 9.67 Å². The van der Waals surface area contributed by atoms with E-state index in [0.29, 0.717) is 5.92 Å². The molecule has 0 aromatic carbocycles. The highest BCUT2D eigenvalue weighted by Crippen LogP contribution is 2.24. The van der Waals surface area contributed by atoms with Gasteiger partial charge in [-0.3, -0.25) is 10.00 Å². The molecule has 1 N–H and O–H groups in total. The second kappa shape index (κ2) is 6.84. The fourth-order valence-corrected chi connectivity index (χ4v) is 3.64. The molecule has 0 amide bonds. The van der Waals surface area contributed by atoms with Crippen LogP contribution in [0.2, 0.25) is 0 Å². The largest absolute Gasteiger partial charge is 0.458 e. The van der Waals surface area contributed by atoms with Gasteiger partial charge in [0.2, 0.25) is 0 Å². The van der Waals surface area contributed by atoms with E-state index < -0.39 is 0 Å². The average molecular weight is 340 g/mol. The Bertz CT molecular complexity index is 819. The number of furan rings is 1. The minimum Gasteiger partial charge on any atom is -0.458 e. The molecule has 1 aliphatic rings. The number of rotatable bonds is 5. The molecule has 0 spiro atoms. The topological polar surface area (TPSA) is 75.8 Å². The molecule has 1 fully saturated rings. The second-order valence-corrected chi connectivity index (χ2v) is 6.87. The number of nitrogens with one attached hydrogen (secondary N) is 1. The summed E-state index contributed by atoms with van der Waals surface area (Å²) in [5.74, 6) is 4.31. The van der Waals surface area contributed by atoms with Crippen LogP contribution in [0.5, 0.6) is 0 Å². The average Bonchev–Trinajstić information content (AvgIpc) is 3.30. The van der Waals surface area contributed by atoms with E-state index in [9.17, 15) is 0 Å². The van der Waals surface area contributed by atoms with Crippen LogP contribution in [-0.4, -0.2) is 43.0 Å². The van der Waals surface area contributed by atoms with Gasteiger partial charge in [0.15, 0.2) is 5.76 Å². The number of hydrogen-bond donors (Lipinski definition) is 1. The predicted octanol–water partition coefficient (Wildman–Crippen LogP) is 2.79. The minimum absolute atomic E-state index is 0.607. The zero-order valence-corrected chi connectivity index (χ0v) is 14.8. The van der Waals surface area contributed by atoms with Crippen LogP contribution in [-0.2, 0) is 13.1 Å². The van der Waals surface area contributed by atoms with Crippen LogP contribution in [0.15, 0.2) is 28.8 Å². The van der Waals surface area contributed by atoms with Gasteiger partial charge in [0.25, 0.3) is 0 Å². The lowest BCUT2D eigenvalue weighted by Crippen LogP contribution is -2.36.